The predicted molar refractivity (Wildman–Crippen MR) is 100 cm³/mol. The van der Waals surface area contributed by atoms with E-state index in [1.54, 1.807) is 45.7 Å². The lowest BCUT2D eigenvalue weighted by Gasteiger charge is -2.24. The van der Waals surface area contributed by atoms with Crippen LogP contribution >= 0.6 is 33.2 Å². The lowest BCUT2D eigenvalue weighted by Crippen LogP contribution is -2.27. The molecule has 1 N–H and O–H groups in total. The van der Waals surface area contributed by atoms with Crippen molar-refractivity contribution >= 4 is 39.1 Å². The molecule has 1 heterocycles. The fourth-order valence-corrected chi connectivity index (χ4v) is 4.58. The van der Waals surface area contributed by atoms with E-state index in [2.05, 4.69) is 11.9 Å². The van der Waals surface area contributed by atoms with Crippen LogP contribution in [-0.2, 0) is 11.3 Å². The van der Waals surface area contributed by atoms with Crippen LogP contribution in [0.2, 0.25) is 5.15 Å². The number of aliphatic hydroxyl groups is 1. The van der Waals surface area contributed by atoms with Gasteiger partial charge in [0.05, 0.1) is 6.54 Å². The van der Waals surface area contributed by atoms with E-state index >= 15 is 0 Å². The SMILES string of the molecule is CCCSS/C(CCO)=C(/C)N(Cc1ccc(Cl)nc1)C(C)=O. The van der Waals surface area contributed by atoms with Crippen LogP contribution in [0.3, 0.4) is 0 Å². The largest absolute Gasteiger partial charge is 0.396 e. The van der Waals surface area contributed by atoms with Gasteiger partial charge in [0.25, 0.3) is 0 Å². The molecule has 1 amide bonds. The Bertz CT molecular complexity index is 535. The van der Waals surface area contributed by atoms with E-state index < -0.39 is 0 Å². The summed E-state index contributed by atoms with van der Waals surface area (Å²) < 4.78 is 0. The Morgan fingerprint density at radius 2 is 2.13 bits per heavy atom. The second-order valence-corrected chi connectivity index (χ2v) is 7.88. The molecule has 0 saturated carbocycles. The molecule has 0 unspecified atom stereocenters. The van der Waals surface area contributed by atoms with Gasteiger partial charge in [-0.05, 0) is 25.0 Å². The summed E-state index contributed by atoms with van der Waals surface area (Å²) in [5.74, 6) is 1.00. The summed E-state index contributed by atoms with van der Waals surface area (Å²) in [5, 5.41) is 9.73. The number of aliphatic hydroxyl groups excluding tert-OH is 1. The number of rotatable bonds is 9. The highest BCUT2D eigenvalue weighted by Gasteiger charge is 2.16. The number of hydrogen-bond acceptors (Lipinski definition) is 5. The molecule has 0 aromatic carbocycles. The van der Waals surface area contributed by atoms with E-state index in [4.69, 9.17) is 11.6 Å². The van der Waals surface area contributed by atoms with Crippen molar-refractivity contribution in [3.05, 3.63) is 39.6 Å². The minimum Gasteiger partial charge on any atom is -0.396 e. The second-order valence-electron chi connectivity index (χ2n) is 4.98. The maximum absolute atomic E-state index is 12.1. The normalized spacial score (nSPS) is 12.0. The van der Waals surface area contributed by atoms with E-state index in [-0.39, 0.29) is 12.5 Å². The van der Waals surface area contributed by atoms with E-state index in [9.17, 15) is 9.90 Å². The first-order valence-electron chi connectivity index (χ1n) is 7.48. The van der Waals surface area contributed by atoms with Crippen molar-refractivity contribution in [2.24, 2.45) is 0 Å². The molecule has 1 aromatic rings. The van der Waals surface area contributed by atoms with Gasteiger partial charge < -0.3 is 10.0 Å². The quantitative estimate of drug-likeness (QED) is 0.392. The molecule has 7 heteroatoms. The van der Waals surface area contributed by atoms with Crippen LogP contribution in [-0.4, -0.2) is 33.3 Å². The van der Waals surface area contributed by atoms with Gasteiger partial charge in [-0.2, -0.15) is 0 Å². The molecular formula is C16H23ClN2O2S2. The molecule has 1 aromatic heterocycles. The number of carbonyl (C=O) groups excluding carboxylic acids is 1. The number of carbonyl (C=O) groups is 1. The average molecular weight is 375 g/mol. The monoisotopic (exact) mass is 374 g/mol. The van der Waals surface area contributed by atoms with Crippen LogP contribution in [0, 0.1) is 0 Å². The summed E-state index contributed by atoms with van der Waals surface area (Å²) in [6, 6.07) is 3.58. The molecule has 0 fully saturated rings. The smallest absolute Gasteiger partial charge is 0.223 e. The molecule has 0 saturated heterocycles. The van der Waals surface area contributed by atoms with Crippen molar-refractivity contribution in [1.82, 2.24) is 9.88 Å². The number of nitrogens with zero attached hydrogens (tertiary/aromatic N) is 2. The van der Waals surface area contributed by atoms with Crippen molar-refractivity contribution in [1.29, 1.82) is 0 Å². The van der Waals surface area contributed by atoms with Gasteiger partial charge in [0.15, 0.2) is 0 Å². The molecular weight excluding hydrogens is 352 g/mol. The number of hydrogen-bond donors (Lipinski definition) is 1. The summed E-state index contributed by atoms with van der Waals surface area (Å²) in [6.07, 6.45) is 3.32. The Labute approximate surface area is 151 Å². The third-order valence-electron chi connectivity index (χ3n) is 3.10. The van der Waals surface area contributed by atoms with Crippen molar-refractivity contribution in [2.75, 3.05) is 12.4 Å². The summed E-state index contributed by atoms with van der Waals surface area (Å²) in [7, 11) is 3.39. The van der Waals surface area contributed by atoms with Gasteiger partial charge in [0, 0.05) is 42.5 Å². The van der Waals surface area contributed by atoms with E-state index in [1.165, 1.54) is 0 Å². The lowest BCUT2D eigenvalue weighted by atomic mass is 10.2. The van der Waals surface area contributed by atoms with Crippen molar-refractivity contribution in [3.63, 3.8) is 0 Å². The topological polar surface area (TPSA) is 53.4 Å². The van der Waals surface area contributed by atoms with Crippen LogP contribution in [0.4, 0.5) is 0 Å². The third-order valence-corrected chi connectivity index (χ3v) is 6.18. The fourth-order valence-electron chi connectivity index (χ4n) is 1.88. The molecule has 0 spiro atoms. The van der Waals surface area contributed by atoms with Gasteiger partial charge in [0.1, 0.15) is 5.15 Å². The van der Waals surface area contributed by atoms with E-state index in [0.29, 0.717) is 18.1 Å². The summed E-state index contributed by atoms with van der Waals surface area (Å²) in [4.78, 5) is 18.9. The van der Waals surface area contributed by atoms with Crippen molar-refractivity contribution < 1.29 is 9.90 Å². The highest BCUT2D eigenvalue weighted by atomic mass is 35.5. The zero-order valence-corrected chi connectivity index (χ0v) is 16.1. The first kappa shape index (κ1) is 20.4. The van der Waals surface area contributed by atoms with Gasteiger partial charge in [-0.15, -0.1) is 0 Å². The minimum atomic E-state index is -0.0334. The molecule has 0 atom stereocenters. The van der Waals surface area contributed by atoms with Gasteiger partial charge >= 0.3 is 0 Å². The van der Waals surface area contributed by atoms with Crippen LogP contribution in [0.25, 0.3) is 0 Å². The summed E-state index contributed by atoms with van der Waals surface area (Å²) >= 11 is 5.80. The van der Waals surface area contributed by atoms with Crippen molar-refractivity contribution in [3.8, 4) is 0 Å². The van der Waals surface area contributed by atoms with Gasteiger partial charge in [0.2, 0.25) is 5.91 Å². The van der Waals surface area contributed by atoms with Crippen LogP contribution in [0.1, 0.15) is 39.2 Å². The summed E-state index contributed by atoms with van der Waals surface area (Å²) in [5.41, 5.74) is 1.80. The first-order chi connectivity index (χ1) is 11.0. The highest BCUT2D eigenvalue weighted by Crippen LogP contribution is 2.35. The zero-order valence-electron chi connectivity index (χ0n) is 13.7. The molecule has 0 aliphatic carbocycles. The number of pyridine rings is 1. The Balaban J connectivity index is 2.96. The number of amides is 1. The zero-order chi connectivity index (χ0) is 17.2. The highest BCUT2D eigenvalue weighted by molar-refractivity contribution is 8.78. The van der Waals surface area contributed by atoms with Crippen LogP contribution in [0.15, 0.2) is 28.9 Å². The molecule has 0 radical (unpaired) electrons. The molecule has 128 valence electrons. The standard InChI is InChI=1S/C16H23ClN2O2S2/c1-4-9-22-23-15(7-8-20)12(2)19(13(3)21)11-14-5-6-16(17)18-10-14/h5-6,10,20H,4,7-9,11H2,1-3H3/b15-12-. The van der Waals surface area contributed by atoms with Crippen LogP contribution in [0.5, 0.6) is 0 Å². The number of allylic oxidation sites excluding steroid dienone is 1. The van der Waals surface area contributed by atoms with Gasteiger partial charge in [-0.1, -0.05) is 46.2 Å². The van der Waals surface area contributed by atoms with Crippen LogP contribution < -0.4 is 0 Å². The predicted octanol–water partition coefficient (Wildman–Crippen LogP) is 4.49. The van der Waals surface area contributed by atoms with Gasteiger partial charge in [-0.3, -0.25) is 4.79 Å². The molecule has 4 nitrogen and oxygen atoms in total. The number of aromatic nitrogens is 1. The van der Waals surface area contributed by atoms with Crippen molar-refractivity contribution in [2.45, 2.75) is 40.2 Å². The lowest BCUT2D eigenvalue weighted by molar-refractivity contribution is -0.127. The maximum Gasteiger partial charge on any atom is 0.223 e. The van der Waals surface area contributed by atoms with Gasteiger partial charge in [-0.25, -0.2) is 4.98 Å². The number of halogens is 1. The Morgan fingerprint density at radius 1 is 1.39 bits per heavy atom. The molecule has 23 heavy (non-hydrogen) atoms. The molecule has 0 aliphatic heterocycles. The second kappa shape index (κ2) is 11.0. The fraction of sp³-hybridized carbons (Fsp3) is 0.500. The minimum absolute atomic E-state index is 0.0334. The van der Waals surface area contributed by atoms with E-state index in [0.717, 1.165) is 28.3 Å². The maximum atomic E-state index is 12.1. The average Bonchev–Trinajstić information content (AvgIpc) is 2.52. The molecule has 0 bridgehead atoms. The molecule has 1 rings (SSSR count). The summed E-state index contributed by atoms with van der Waals surface area (Å²) in [6.45, 7) is 6.12. The first-order valence-corrected chi connectivity index (χ1v) is 10.2. The Morgan fingerprint density at radius 3 is 2.65 bits per heavy atom. The Kier molecular flexibility index (Phi) is 9.71. The molecule has 0 aliphatic rings. The third kappa shape index (κ3) is 7.16. The van der Waals surface area contributed by atoms with E-state index in [1.807, 2.05) is 13.0 Å². The Hall–Kier alpha value is -0.690.